The van der Waals surface area contributed by atoms with E-state index in [0.29, 0.717) is 11.4 Å². The van der Waals surface area contributed by atoms with Crippen molar-refractivity contribution in [3.05, 3.63) is 59.7 Å². The molecule has 0 aliphatic heterocycles. The van der Waals surface area contributed by atoms with Crippen molar-refractivity contribution >= 4 is 34.1 Å². The van der Waals surface area contributed by atoms with Crippen molar-refractivity contribution in [2.24, 2.45) is 5.92 Å². The fourth-order valence-corrected chi connectivity index (χ4v) is 3.88. The van der Waals surface area contributed by atoms with Crippen LogP contribution < -0.4 is 16.0 Å². The quantitative estimate of drug-likeness (QED) is 0.395. The first kappa shape index (κ1) is 25.2. The van der Waals surface area contributed by atoms with Gasteiger partial charge in [-0.15, -0.1) is 10.2 Å². The summed E-state index contributed by atoms with van der Waals surface area (Å²) in [5.74, 6) is -0.753. The van der Waals surface area contributed by atoms with E-state index in [1.165, 1.54) is 23.5 Å². The van der Waals surface area contributed by atoms with Crippen LogP contribution in [0.25, 0.3) is 10.6 Å². The van der Waals surface area contributed by atoms with Crippen LogP contribution in [-0.4, -0.2) is 28.2 Å². The Kier molecular flexibility index (Phi) is 7.87. The van der Waals surface area contributed by atoms with Crippen molar-refractivity contribution in [3.63, 3.8) is 0 Å². The van der Waals surface area contributed by atoms with Crippen molar-refractivity contribution in [1.82, 2.24) is 15.5 Å². The lowest BCUT2D eigenvalue weighted by Crippen LogP contribution is -2.49. The second kappa shape index (κ2) is 10.6. The zero-order valence-electron chi connectivity index (χ0n) is 18.7. The molecular formula is C23H24F3N5O2S. The van der Waals surface area contributed by atoms with Gasteiger partial charge in [-0.3, -0.25) is 10.1 Å². The van der Waals surface area contributed by atoms with Gasteiger partial charge in [0.1, 0.15) is 11.0 Å². The lowest BCUT2D eigenvalue weighted by Gasteiger charge is -2.23. The Labute approximate surface area is 198 Å². The van der Waals surface area contributed by atoms with Gasteiger partial charge >= 0.3 is 12.2 Å². The number of amides is 3. The van der Waals surface area contributed by atoms with E-state index in [-0.39, 0.29) is 16.7 Å². The maximum Gasteiger partial charge on any atom is 0.416 e. The number of benzene rings is 2. The number of alkyl halides is 3. The van der Waals surface area contributed by atoms with E-state index in [0.717, 1.165) is 23.3 Å². The summed E-state index contributed by atoms with van der Waals surface area (Å²) < 4.78 is 38.8. The van der Waals surface area contributed by atoms with Crippen LogP contribution in [0.2, 0.25) is 0 Å². The second-order valence-electron chi connectivity index (χ2n) is 7.81. The number of nitrogens with zero attached hydrogens (tertiary/aromatic N) is 2. The smallest absolute Gasteiger partial charge is 0.326 e. The molecule has 3 rings (SSSR count). The largest absolute Gasteiger partial charge is 0.416 e. The van der Waals surface area contributed by atoms with E-state index in [2.05, 4.69) is 26.1 Å². The van der Waals surface area contributed by atoms with Crippen LogP contribution in [0.1, 0.15) is 31.4 Å². The van der Waals surface area contributed by atoms with Gasteiger partial charge in [0.2, 0.25) is 11.0 Å². The van der Waals surface area contributed by atoms with Crippen LogP contribution in [0.4, 0.5) is 28.8 Å². The molecule has 0 saturated carbocycles. The van der Waals surface area contributed by atoms with Crippen LogP contribution in [0.15, 0.2) is 48.5 Å². The van der Waals surface area contributed by atoms with E-state index in [1.807, 2.05) is 38.1 Å². The van der Waals surface area contributed by atoms with Crippen LogP contribution in [0.5, 0.6) is 0 Å². The molecule has 0 spiro atoms. The molecule has 1 heterocycles. The van der Waals surface area contributed by atoms with Crippen LogP contribution in [-0.2, 0) is 11.0 Å². The molecule has 11 heteroatoms. The zero-order chi connectivity index (χ0) is 24.9. The summed E-state index contributed by atoms with van der Waals surface area (Å²) in [7, 11) is 0. The highest BCUT2D eigenvalue weighted by Crippen LogP contribution is 2.31. The summed E-state index contributed by atoms with van der Waals surface area (Å²) in [5.41, 5.74) is 1.01. The van der Waals surface area contributed by atoms with E-state index in [9.17, 15) is 22.8 Å². The normalized spacial score (nSPS) is 13.1. The summed E-state index contributed by atoms with van der Waals surface area (Å²) in [4.78, 5) is 25.4. The molecule has 0 radical (unpaired) electrons. The van der Waals surface area contributed by atoms with Crippen LogP contribution in [0.3, 0.4) is 0 Å². The Morgan fingerprint density at radius 3 is 2.47 bits per heavy atom. The van der Waals surface area contributed by atoms with Crippen LogP contribution in [0, 0.1) is 12.8 Å². The molecule has 3 amide bonds. The molecule has 2 atom stereocenters. The van der Waals surface area contributed by atoms with Crippen molar-refractivity contribution in [2.75, 3.05) is 10.6 Å². The lowest BCUT2D eigenvalue weighted by atomic mass is 9.98. The van der Waals surface area contributed by atoms with Gasteiger partial charge in [0.15, 0.2) is 0 Å². The SMILES string of the molecule is CC[C@@H](C)[C@@H](NC(=O)Nc1cccc(C(F)(F)F)c1)C(=O)Nc1nnc(-c2cccc(C)c2)s1. The maximum atomic E-state index is 12.9. The number of rotatable bonds is 7. The monoisotopic (exact) mass is 491 g/mol. The number of urea groups is 1. The van der Waals surface area contributed by atoms with Gasteiger partial charge in [-0.05, 0) is 37.1 Å². The highest BCUT2D eigenvalue weighted by Gasteiger charge is 2.31. The highest BCUT2D eigenvalue weighted by molar-refractivity contribution is 7.18. The summed E-state index contributed by atoms with van der Waals surface area (Å²) in [6, 6.07) is 10.2. The predicted octanol–water partition coefficient (Wildman–Crippen LogP) is 5.71. The average Bonchev–Trinajstić information content (AvgIpc) is 3.25. The molecule has 1 aromatic heterocycles. The first-order valence-corrected chi connectivity index (χ1v) is 11.3. The Bertz CT molecular complexity index is 1170. The molecule has 34 heavy (non-hydrogen) atoms. The minimum atomic E-state index is -4.54. The number of nitrogens with one attached hydrogen (secondary N) is 3. The van der Waals surface area contributed by atoms with E-state index in [4.69, 9.17) is 0 Å². The molecule has 0 saturated heterocycles. The van der Waals surface area contributed by atoms with E-state index in [1.54, 1.807) is 6.92 Å². The molecule has 3 aromatic rings. The number of hydrogen-bond donors (Lipinski definition) is 3. The summed E-state index contributed by atoms with van der Waals surface area (Å²) in [6.45, 7) is 5.60. The Morgan fingerprint density at radius 1 is 1.06 bits per heavy atom. The van der Waals surface area contributed by atoms with Crippen molar-refractivity contribution < 1.29 is 22.8 Å². The topological polar surface area (TPSA) is 96.0 Å². The highest BCUT2D eigenvalue weighted by atomic mass is 32.1. The first-order valence-electron chi connectivity index (χ1n) is 10.5. The molecule has 0 aliphatic carbocycles. The molecule has 0 unspecified atom stereocenters. The lowest BCUT2D eigenvalue weighted by molar-refractivity contribution is -0.137. The number of carbonyl (C=O) groups is 2. The third kappa shape index (κ3) is 6.53. The summed E-state index contributed by atoms with van der Waals surface area (Å²) in [6.07, 6.45) is -3.96. The number of halogens is 3. The minimum absolute atomic E-state index is 0.0393. The number of aromatic nitrogens is 2. The van der Waals surface area contributed by atoms with E-state index < -0.39 is 29.7 Å². The van der Waals surface area contributed by atoms with Crippen molar-refractivity contribution in [3.8, 4) is 10.6 Å². The standard InChI is InChI=1S/C23H24F3N5O2S/c1-4-14(3)18(28-21(33)27-17-10-6-9-16(12-17)23(24,25)26)19(32)29-22-31-30-20(34-22)15-8-5-7-13(2)11-15/h5-12,14,18H,4H2,1-3H3,(H2,27,28,33)(H,29,31,32)/t14-,18-/m1/s1. The number of anilines is 2. The minimum Gasteiger partial charge on any atom is -0.326 e. The van der Waals surface area contributed by atoms with Gasteiger partial charge in [-0.1, -0.05) is 61.4 Å². The van der Waals surface area contributed by atoms with Crippen molar-refractivity contribution in [2.45, 2.75) is 39.4 Å². The third-order valence-corrected chi connectivity index (χ3v) is 6.04. The summed E-state index contributed by atoms with van der Waals surface area (Å²) in [5, 5.41) is 16.6. The summed E-state index contributed by atoms with van der Waals surface area (Å²) >= 11 is 1.20. The van der Waals surface area contributed by atoms with Gasteiger partial charge < -0.3 is 10.6 Å². The molecular weight excluding hydrogens is 467 g/mol. The fraction of sp³-hybridized carbons (Fsp3) is 0.304. The Hall–Kier alpha value is -3.47. The molecule has 3 N–H and O–H groups in total. The Balaban J connectivity index is 1.69. The molecule has 0 aliphatic rings. The molecule has 2 aromatic carbocycles. The molecule has 0 bridgehead atoms. The van der Waals surface area contributed by atoms with Gasteiger partial charge in [0.05, 0.1) is 5.56 Å². The maximum absolute atomic E-state index is 12.9. The van der Waals surface area contributed by atoms with Gasteiger partial charge in [-0.2, -0.15) is 13.2 Å². The van der Waals surface area contributed by atoms with Gasteiger partial charge in [-0.25, -0.2) is 4.79 Å². The first-order chi connectivity index (χ1) is 16.1. The average molecular weight is 492 g/mol. The van der Waals surface area contributed by atoms with E-state index >= 15 is 0 Å². The molecule has 7 nitrogen and oxygen atoms in total. The number of hydrogen-bond acceptors (Lipinski definition) is 5. The third-order valence-electron chi connectivity index (χ3n) is 5.15. The Morgan fingerprint density at radius 2 is 1.79 bits per heavy atom. The zero-order valence-corrected chi connectivity index (χ0v) is 19.6. The van der Waals surface area contributed by atoms with Gasteiger partial charge in [0.25, 0.3) is 0 Å². The second-order valence-corrected chi connectivity index (χ2v) is 8.79. The fourth-order valence-electron chi connectivity index (χ4n) is 3.14. The number of aryl methyl sites for hydroxylation is 1. The molecule has 0 fully saturated rings. The van der Waals surface area contributed by atoms with Crippen LogP contribution >= 0.6 is 11.3 Å². The predicted molar refractivity (Wildman–Crippen MR) is 126 cm³/mol. The van der Waals surface area contributed by atoms with Crippen molar-refractivity contribution in [1.29, 1.82) is 0 Å². The number of carbonyl (C=O) groups excluding carboxylic acids is 2. The molecule has 180 valence electrons. The van der Waals surface area contributed by atoms with Gasteiger partial charge in [0, 0.05) is 11.3 Å².